The minimum atomic E-state index is -0.917. The van der Waals surface area contributed by atoms with Gasteiger partial charge in [-0.25, -0.2) is 9.78 Å². The van der Waals surface area contributed by atoms with E-state index in [0.717, 1.165) is 11.3 Å². The highest BCUT2D eigenvalue weighted by Crippen LogP contribution is 2.28. The molecule has 2 heterocycles. The number of nitrogens with zero attached hydrogens (tertiary/aromatic N) is 2. The third-order valence-corrected chi connectivity index (χ3v) is 3.53. The smallest absolute Gasteiger partial charge is 0.347 e. The van der Waals surface area contributed by atoms with E-state index in [1.54, 1.807) is 6.20 Å². The second-order valence-corrected chi connectivity index (χ2v) is 4.62. The van der Waals surface area contributed by atoms with Gasteiger partial charge in [0.1, 0.15) is 15.6 Å². The number of hydrogen-bond acceptors (Lipinski definition) is 4. The van der Waals surface area contributed by atoms with Gasteiger partial charge in [0.15, 0.2) is 0 Å². The highest BCUT2D eigenvalue weighted by Gasteiger charge is 2.18. The Balaban J connectivity index is 2.54. The first kappa shape index (κ1) is 11.7. The van der Waals surface area contributed by atoms with Crippen molar-refractivity contribution in [2.24, 2.45) is 0 Å². The summed E-state index contributed by atoms with van der Waals surface area (Å²) >= 11 is 1.19. The van der Waals surface area contributed by atoms with E-state index in [2.05, 4.69) is 9.97 Å². The molecule has 1 N–H and O–H groups in total. The summed E-state index contributed by atoms with van der Waals surface area (Å²) in [6, 6.07) is 3.79. The van der Waals surface area contributed by atoms with E-state index in [0.29, 0.717) is 22.0 Å². The average molecular weight is 248 g/mol. The van der Waals surface area contributed by atoms with Gasteiger partial charge in [0.2, 0.25) is 0 Å². The molecule has 0 aliphatic carbocycles. The molecule has 88 valence electrons. The molecule has 0 unspecified atom stereocenters. The SMILES string of the molecule is CCc1nc(-c2ncccc2C)sc1C(=O)O. The van der Waals surface area contributed by atoms with Crippen LogP contribution in [0, 0.1) is 6.92 Å². The molecular formula is C12H12N2O2S. The van der Waals surface area contributed by atoms with Gasteiger partial charge in [-0.2, -0.15) is 0 Å². The molecule has 2 aromatic rings. The maximum Gasteiger partial charge on any atom is 0.347 e. The maximum atomic E-state index is 11.1. The fourth-order valence-corrected chi connectivity index (χ4v) is 2.62. The van der Waals surface area contributed by atoms with Crippen molar-refractivity contribution in [3.63, 3.8) is 0 Å². The summed E-state index contributed by atoms with van der Waals surface area (Å²) in [5.74, 6) is -0.917. The van der Waals surface area contributed by atoms with E-state index in [9.17, 15) is 4.79 Å². The second-order valence-electron chi connectivity index (χ2n) is 3.62. The van der Waals surface area contributed by atoms with E-state index >= 15 is 0 Å². The quantitative estimate of drug-likeness (QED) is 0.907. The third-order valence-electron chi connectivity index (χ3n) is 2.44. The van der Waals surface area contributed by atoms with Crippen molar-refractivity contribution < 1.29 is 9.90 Å². The zero-order chi connectivity index (χ0) is 12.4. The molecule has 2 aromatic heterocycles. The number of thiazole rings is 1. The van der Waals surface area contributed by atoms with Crippen LogP contribution in [0.3, 0.4) is 0 Å². The van der Waals surface area contributed by atoms with Crippen LogP contribution in [0.1, 0.15) is 27.9 Å². The lowest BCUT2D eigenvalue weighted by molar-refractivity contribution is 0.0701. The minimum absolute atomic E-state index is 0.313. The molecule has 0 fully saturated rings. The number of carbonyl (C=O) groups is 1. The summed E-state index contributed by atoms with van der Waals surface area (Å²) in [5, 5.41) is 9.75. The first-order chi connectivity index (χ1) is 8.13. The molecular weight excluding hydrogens is 236 g/mol. The number of aryl methyl sites for hydroxylation is 2. The highest BCUT2D eigenvalue weighted by molar-refractivity contribution is 7.17. The fraction of sp³-hybridized carbons (Fsp3) is 0.250. The third kappa shape index (κ3) is 2.19. The summed E-state index contributed by atoms with van der Waals surface area (Å²) < 4.78 is 0. The van der Waals surface area contributed by atoms with Crippen LogP contribution in [0.5, 0.6) is 0 Å². The standard InChI is InChI=1S/C12H12N2O2S/c1-3-8-10(12(15)16)17-11(14-8)9-7(2)5-4-6-13-9/h4-6H,3H2,1-2H3,(H,15,16). The fourth-order valence-electron chi connectivity index (χ4n) is 1.57. The van der Waals surface area contributed by atoms with Crippen molar-refractivity contribution in [2.45, 2.75) is 20.3 Å². The van der Waals surface area contributed by atoms with E-state index in [4.69, 9.17) is 5.11 Å². The predicted molar refractivity (Wildman–Crippen MR) is 66.4 cm³/mol. The van der Waals surface area contributed by atoms with Gasteiger partial charge in [-0.05, 0) is 25.0 Å². The number of carboxylic acids is 1. The van der Waals surface area contributed by atoms with Crippen molar-refractivity contribution in [3.8, 4) is 10.7 Å². The van der Waals surface area contributed by atoms with E-state index in [1.807, 2.05) is 26.0 Å². The van der Waals surface area contributed by atoms with Crippen LogP contribution in [0.2, 0.25) is 0 Å². The molecule has 17 heavy (non-hydrogen) atoms. The molecule has 4 nitrogen and oxygen atoms in total. The second kappa shape index (κ2) is 4.63. The van der Waals surface area contributed by atoms with Crippen molar-refractivity contribution in [1.29, 1.82) is 0 Å². The Labute approximate surface area is 103 Å². The Morgan fingerprint density at radius 3 is 2.82 bits per heavy atom. The van der Waals surface area contributed by atoms with E-state index in [-0.39, 0.29) is 0 Å². The number of pyridine rings is 1. The Morgan fingerprint density at radius 2 is 2.29 bits per heavy atom. The summed E-state index contributed by atoms with van der Waals surface area (Å²) in [4.78, 5) is 20.0. The summed E-state index contributed by atoms with van der Waals surface area (Å²) in [5.41, 5.74) is 2.39. The maximum absolute atomic E-state index is 11.1. The Kier molecular flexibility index (Phi) is 3.19. The molecule has 0 atom stereocenters. The van der Waals surface area contributed by atoms with Crippen LogP contribution in [0.25, 0.3) is 10.7 Å². The minimum Gasteiger partial charge on any atom is -0.477 e. The number of hydrogen-bond donors (Lipinski definition) is 1. The Morgan fingerprint density at radius 1 is 1.53 bits per heavy atom. The number of aromatic nitrogens is 2. The lowest BCUT2D eigenvalue weighted by Crippen LogP contribution is -1.97. The first-order valence-corrected chi connectivity index (χ1v) is 6.10. The summed E-state index contributed by atoms with van der Waals surface area (Å²) in [6.07, 6.45) is 2.31. The number of rotatable bonds is 3. The highest BCUT2D eigenvalue weighted by atomic mass is 32.1. The molecule has 0 radical (unpaired) electrons. The first-order valence-electron chi connectivity index (χ1n) is 5.28. The zero-order valence-electron chi connectivity index (χ0n) is 9.60. The number of aromatic carboxylic acids is 1. The molecule has 0 aliphatic rings. The van der Waals surface area contributed by atoms with Crippen LogP contribution in [0.15, 0.2) is 18.3 Å². The van der Waals surface area contributed by atoms with Crippen LogP contribution in [-0.2, 0) is 6.42 Å². The van der Waals surface area contributed by atoms with Gasteiger partial charge in [-0.3, -0.25) is 4.98 Å². The van der Waals surface area contributed by atoms with Crippen LogP contribution in [-0.4, -0.2) is 21.0 Å². The molecule has 0 aliphatic heterocycles. The van der Waals surface area contributed by atoms with E-state index < -0.39 is 5.97 Å². The molecule has 5 heteroatoms. The predicted octanol–water partition coefficient (Wildman–Crippen LogP) is 2.77. The van der Waals surface area contributed by atoms with Gasteiger partial charge in [0, 0.05) is 6.20 Å². The van der Waals surface area contributed by atoms with E-state index in [1.165, 1.54) is 11.3 Å². The van der Waals surface area contributed by atoms with Gasteiger partial charge < -0.3 is 5.11 Å². The van der Waals surface area contributed by atoms with Crippen molar-refractivity contribution >= 4 is 17.3 Å². The molecule has 0 aromatic carbocycles. The monoisotopic (exact) mass is 248 g/mol. The molecule has 0 amide bonds. The largest absolute Gasteiger partial charge is 0.477 e. The van der Waals surface area contributed by atoms with Crippen molar-refractivity contribution in [2.75, 3.05) is 0 Å². The zero-order valence-corrected chi connectivity index (χ0v) is 10.4. The van der Waals surface area contributed by atoms with Crippen molar-refractivity contribution in [1.82, 2.24) is 9.97 Å². The van der Waals surface area contributed by atoms with Crippen LogP contribution < -0.4 is 0 Å². The van der Waals surface area contributed by atoms with Gasteiger partial charge in [0.05, 0.1) is 5.69 Å². The topological polar surface area (TPSA) is 63.1 Å². The lowest BCUT2D eigenvalue weighted by Gasteiger charge is -1.98. The molecule has 0 spiro atoms. The Bertz CT molecular complexity index is 563. The Hall–Kier alpha value is -1.75. The summed E-state index contributed by atoms with van der Waals surface area (Å²) in [6.45, 7) is 3.84. The average Bonchev–Trinajstić information content (AvgIpc) is 2.73. The van der Waals surface area contributed by atoms with Crippen LogP contribution in [0.4, 0.5) is 0 Å². The lowest BCUT2D eigenvalue weighted by atomic mass is 10.2. The molecule has 0 saturated carbocycles. The molecule has 2 rings (SSSR count). The van der Waals surface area contributed by atoms with Gasteiger partial charge >= 0.3 is 5.97 Å². The van der Waals surface area contributed by atoms with Gasteiger partial charge in [-0.15, -0.1) is 11.3 Å². The summed E-state index contributed by atoms with van der Waals surface area (Å²) in [7, 11) is 0. The van der Waals surface area contributed by atoms with Crippen molar-refractivity contribution in [3.05, 3.63) is 34.5 Å². The normalized spacial score (nSPS) is 10.5. The number of carboxylic acid groups (broad SMARTS) is 1. The molecule has 0 saturated heterocycles. The molecule has 0 bridgehead atoms. The van der Waals surface area contributed by atoms with Gasteiger partial charge in [0.25, 0.3) is 0 Å². The van der Waals surface area contributed by atoms with Crippen LogP contribution >= 0.6 is 11.3 Å². The van der Waals surface area contributed by atoms with Gasteiger partial charge in [-0.1, -0.05) is 13.0 Å².